The zero-order valence-electron chi connectivity index (χ0n) is 14.8. The van der Waals surface area contributed by atoms with Crippen LogP contribution in [0.25, 0.3) is 21.8 Å². The molecular weight excluding hydrogens is 356 g/mol. The van der Waals surface area contributed by atoms with Crippen molar-refractivity contribution in [2.24, 2.45) is 0 Å². The second-order valence-electron chi connectivity index (χ2n) is 6.20. The number of amides is 1. The molecule has 0 fully saturated rings. The summed E-state index contributed by atoms with van der Waals surface area (Å²) in [6, 6.07) is 21.7. The minimum absolute atomic E-state index is 0.214. The minimum Gasteiger partial charge on any atom is -0.456 e. The summed E-state index contributed by atoms with van der Waals surface area (Å²) in [6.07, 6.45) is 0. The molecule has 0 saturated carbocycles. The molecule has 0 unspecified atom stereocenters. The molecule has 0 saturated heterocycles. The van der Waals surface area contributed by atoms with Crippen LogP contribution in [-0.2, 0) is 6.54 Å². The highest BCUT2D eigenvalue weighted by Gasteiger charge is 2.10. The minimum atomic E-state index is -0.214. The highest BCUT2D eigenvalue weighted by Crippen LogP contribution is 2.29. The van der Waals surface area contributed by atoms with E-state index in [0.717, 1.165) is 33.2 Å². The quantitative estimate of drug-likeness (QED) is 0.515. The highest BCUT2D eigenvalue weighted by atomic mass is 32.1. The number of carbonyl (C=O) groups is 1. The number of carbonyl (C=O) groups excluding carboxylic acids is 1. The molecule has 0 aliphatic heterocycles. The number of nitrogens with zero attached hydrogens (tertiary/aromatic N) is 1. The SMILES string of the molecule is Cc1ccc(C(=O)NCc2cccc(-c3nc(-c4ccccc4)cs3)c2)o1. The zero-order valence-corrected chi connectivity index (χ0v) is 15.6. The first-order chi connectivity index (χ1) is 13.2. The van der Waals surface area contributed by atoms with Crippen molar-refractivity contribution >= 4 is 17.2 Å². The monoisotopic (exact) mass is 374 g/mol. The third-order valence-corrected chi connectivity index (χ3v) is 5.06. The maximum absolute atomic E-state index is 12.1. The van der Waals surface area contributed by atoms with Crippen molar-refractivity contribution < 1.29 is 9.21 Å². The Morgan fingerprint density at radius 2 is 1.85 bits per heavy atom. The maximum Gasteiger partial charge on any atom is 0.287 e. The van der Waals surface area contributed by atoms with E-state index in [9.17, 15) is 4.79 Å². The smallest absolute Gasteiger partial charge is 0.287 e. The van der Waals surface area contributed by atoms with Crippen LogP contribution >= 0.6 is 11.3 Å². The van der Waals surface area contributed by atoms with E-state index >= 15 is 0 Å². The van der Waals surface area contributed by atoms with Gasteiger partial charge in [-0.05, 0) is 30.7 Å². The van der Waals surface area contributed by atoms with Crippen LogP contribution in [0, 0.1) is 6.92 Å². The fraction of sp³-hybridized carbons (Fsp3) is 0.0909. The van der Waals surface area contributed by atoms with Crippen LogP contribution < -0.4 is 5.32 Å². The number of thiazole rings is 1. The molecule has 1 amide bonds. The van der Waals surface area contributed by atoms with Crippen molar-refractivity contribution in [1.29, 1.82) is 0 Å². The standard InChI is InChI=1S/C22H18N2O2S/c1-15-10-11-20(26-15)21(25)23-13-16-6-5-9-18(12-16)22-24-19(14-27-22)17-7-3-2-4-8-17/h2-12,14H,13H2,1H3,(H,23,25). The topological polar surface area (TPSA) is 55.1 Å². The molecule has 27 heavy (non-hydrogen) atoms. The van der Waals surface area contributed by atoms with Gasteiger partial charge >= 0.3 is 0 Å². The lowest BCUT2D eigenvalue weighted by Gasteiger charge is -2.05. The van der Waals surface area contributed by atoms with Crippen LogP contribution in [0.4, 0.5) is 0 Å². The Morgan fingerprint density at radius 3 is 2.63 bits per heavy atom. The van der Waals surface area contributed by atoms with Gasteiger partial charge in [0.25, 0.3) is 5.91 Å². The Labute approximate surface area is 161 Å². The molecular formula is C22H18N2O2S. The molecule has 2 aromatic carbocycles. The second-order valence-corrected chi connectivity index (χ2v) is 7.06. The van der Waals surface area contributed by atoms with Crippen LogP contribution in [0.1, 0.15) is 21.9 Å². The fourth-order valence-corrected chi connectivity index (χ4v) is 3.61. The Kier molecular flexibility index (Phi) is 4.85. The van der Waals surface area contributed by atoms with Gasteiger partial charge in [0, 0.05) is 23.1 Å². The predicted molar refractivity (Wildman–Crippen MR) is 108 cm³/mol. The van der Waals surface area contributed by atoms with Gasteiger partial charge in [-0.3, -0.25) is 4.79 Å². The number of rotatable bonds is 5. The molecule has 0 aliphatic carbocycles. The van der Waals surface area contributed by atoms with Crippen LogP contribution in [0.5, 0.6) is 0 Å². The molecule has 0 aliphatic rings. The molecule has 5 heteroatoms. The molecule has 0 bridgehead atoms. The first kappa shape index (κ1) is 17.2. The van der Waals surface area contributed by atoms with Crippen molar-refractivity contribution in [3.63, 3.8) is 0 Å². The molecule has 4 aromatic rings. The molecule has 4 rings (SSSR count). The van der Waals surface area contributed by atoms with Crippen molar-refractivity contribution in [3.8, 4) is 21.8 Å². The average Bonchev–Trinajstić information content (AvgIpc) is 3.36. The third-order valence-electron chi connectivity index (χ3n) is 4.16. The van der Waals surface area contributed by atoms with Gasteiger partial charge in [0.05, 0.1) is 5.69 Å². The molecule has 1 N–H and O–H groups in total. The van der Waals surface area contributed by atoms with Gasteiger partial charge < -0.3 is 9.73 Å². The van der Waals surface area contributed by atoms with Gasteiger partial charge in [-0.25, -0.2) is 4.98 Å². The molecule has 134 valence electrons. The van der Waals surface area contributed by atoms with E-state index < -0.39 is 0 Å². The second kappa shape index (κ2) is 7.60. The van der Waals surface area contributed by atoms with Gasteiger partial charge in [-0.2, -0.15) is 0 Å². The number of aryl methyl sites for hydroxylation is 1. The molecule has 4 nitrogen and oxygen atoms in total. The molecule has 0 atom stereocenters. The lowest BCUT2D eigenvalue weighted by Crippen LogP contribution is -2.22. The number of benzene rings is 2. The van der Waals surface area contributed by atoms with Crippen LogP contribution in [0.3, 0.4) is 0 Å². The number of furan rings is 1. The van der Waals surface area contributed by atoms with Crippen molar-refractivity contribution in [1.82, 2.24) is 10.3 Å². The van der Waals surface area contributed by atoms with Crippen molar-refractivity contribution in [3.05, 3.63) is 89.2 Å². The summed E-state index contributed by atoms with van der Waals surface area (Å²) in [6.45, 7) is 2.25. The Bertz CT molecular complexity index is 1070. The molecule has 0 spiro atoms. The maximum atomic E-state index is 12.1. The normalized spacial score (nSPS) is 10.7. The van der Waals surface area contributed by atoms with Gasteiger partial charge in [0.15, 0.2) is 5.76 Å². The summed E-state index contributed by atoms with van der Waals surface area (Å²) in [7, 11) is 0. The molecule has 0 radical (unpaired) electrons. The highest BCUT2D eigenvalue weighted by molar-refractivity contribution is 7.13. The summed E-state index contributed by atoms with van der Waals surface area (Å²) in [5.41, 5.74) is 4.14. The van der Waals surface area contributed by atoms with E-state index in [0.29, 0.717) is 12.3 Å². The Balaban J connectivity index is 1.48. The number of aromatic nitrogens is 1. The van der Waals surface area contributed by atoms with E-state index in [1.54, 1.807) is 23.5 Å². The zero-order chi connectivity index (χ0) is 18.6. The Morgan fingerprint density at radius 1 is 1.04 bits per heavy atom. The van der Waals surface area contributed by atoms with Crippen LogP contribution in [-0.4, -0.2) is 10.9 Å². The molecule has 2 heterocycles. The lowest BCUT2D eigenvalue weighted by atomic mass is 10.1. The van der Waals surface area contributed by atoms with Gasteiger partial charge in [-0.15, -0.1) is 11.3 Å². The first-order valence-corrected chi connectivity index (χ1v) is 9.52. The van der Waals surface area contributed by atoms with E-state index in [2.05, 4.69) is 28.9 Å². The summed E-state index contributed by atoms with van der Waals surface area (Å²) in [5, 5.41) is 5.92. The number of nitrogens with one attached hydrogen (secondary N) is 1. The number of hydrogen-bond donors (Lipinski definition) is 1. The van der Waals surface area contributed by atoms with E-state index in [4.69, 9.17) is 9.40 Å². The summed E-state index contributed by atoms with van der Waals surface area (Å²) in [4.78, 5) is 16.9. The summed E-state index contributed by atoms with van der Waals surface area (Å²) < 4.78 is 5.35. The largest absolute Gasteiger partial charge is 0.456 e. The summed E-state index contributed by atoms with van der Waals surface area (Å²) in [5.74, 6) is 0.838. The Hall–Kier alpha value is -3.18. The molecule has 2 aromatic heterocycles. The van der Waals surface area contributed by atoms with Crippen LogP contribution in [0.2, 0.25) is 0 Å². The van der Waals surface area contributed by atoms with Crippen LogP contribution in [0.15, 0.2) is 76.5 Å². The van der Waals surface area contributed by atoms with E-state index in [-0.39, 0.29) is 5.91 Å². The van der Waals surface area contributed by atoms with E-state index in [1.807, 2.05) is 43.3 Å². The van der Waals surface area contributed by atoms with Gasteiger partial charge in [0.1, 0.15) is 10.8 Å². The average molecular weight is 374 g/mol. The van der Waals surface area contributed by atoms with Gasteiger partial charge in [-0.1, -0.05) is 48.5 Å². The van der Waals surface area contributed by atoms with E-state index in [1.165, 1.54) is 0 Å². The summed E-state index contributed by atoms with van der Waals surface area (Å²) >= 11 is 1.62. The van der Waals surface area contributed by atoms with Gasteiger partial charge in [0.2, 0.25) is 0 Å². The predicted octanol–water partition coefficient (Wildman–Crippen LogP) is 5.31. The first-order valence-electron chi connectivity index (χ1n) is 8.64. The lowest BCUT2D eigenvalue weighted by molar-refractivity contribution is 0.0922. The van der Waals surface area contributed by atoms with Crippen molar-refractivity contribution in [2.45, 2.75) is 13.5 Å². The fourth-order valence-electron chi connectivity index (χ4n) is 2.79. The van der Waals surface area contributed by atoms with Crippen molar-refractivity contribution in [2.75, 3.05) is 0 Å². The third kappa shape index (κ3) is 3.99. The number of hydrogen-bond acceptors (Lipinski definition) is 4.